The first-order valence-electron chi connectivity index (χ1n) is 6.27. The third-order valence-corrected chi connectivity index (χ3v) is 3.68. The molecule has 98 valence electrons. The first-order valence-corrected chi connectivity index (χ1v) is 7.06. The Morgan fingerprint density at radius 3 is 2.94 bits per heavy atom. The van der Waals surface area contributed by atoms with Crippen LogP contribution in [0.3, 0.4) is 0 Å². The number of hydrogen-bond acceptors (Lipinski definition) is 3. The molecule has 1 aromatic heterocycles. The number of rotatable bonds is 6. The lowest BCUT2D eigenvalue weighted by molar-refractivity contribution is 0.346. The van der Waals surface area contributed by atoms with E-state index >= 15 is 0 Å². The van der Waals surface area contributed by atoms with Crippen LogP contribution in [0.25, 0.3) is 11.0 Å². The summed E-state index contributed by atoms with van der Waals surface area (Å²) < 4.78 is 6.82. The number of halogens is 1. The Hall–Kier alpha value is -0.840. The van der Waals surface area contributed by atoms with Gasteiger partial charge in [0.05, 0.1) is 11.0 Å². The normalized spacial score (nSPS) is 11.6. The number of hydrogen-bond donors (Lipinski definition) is 1. The number of para-hydroxylation sites is 1. The molecule has 18 heavy (non-hydrogen) atoms. The molecule has 4 heteroatoms. The van der Waals surface area contributed by atoms with Crippen molar-refractivity contribution in [2.75, 3.05) is 26.7 Å². The van der Waals surface area contributed by atoms with Crippen molar-refractivity contribution in [2.24, 2.45) is 0 Å². The predicted octanol–water partition coefficient (Wildman–Crippen LogP) is 3.24. The number of nitrogens with one attached hydrogen (secondary N) is 1. The summed E-state index contributed by atoms with van der Waals surface area (Å²) in [7, 11) is 2.12. The van der Waals surface area contributed by atoms with E-state index in [9.17, 15) is 0 Å². The molecule has 0 radical (unpaired) electrons. The number of likely N-dealkylation sites (N-methyl/N-ethyl adjacent to an activating group) is 1. The molecular formula is C14H19BrN2O. The summed E-state index contributed by atoms with van der Waals surface area (Å²) in [5, 5.41) is 4.54. The first kappa shape index (κ1) is 13.6. The van der Waals surface area contributed by atoms with E-state index in [1.54, 1.807) is 0 Å². The van der Waals surface area contributed by atoms with E-state index in [1.807, 2.05) is 12.1 Å². The van der Waals surface area contributed by atoms with E-state index in [1.165, 1.54) is 0 Å². The van der Waals surface area contributed by atoms with Crippen LogP contribution in [0.4, 0.5) is 0 Å². The maximum atomic E-state index is 5.81. The molecule has 0 atom stereocenters. The fraction of sp³-hybridized carbons (Fsp3) is 0.429. The second kappa shape index (κ2) is 6.36. The zero-order valence-electron chi connectivity index (χ0n) is 10.9. The molecular weight excluding hydrogens is 292 g/mol. The van der Waals surface area contributed by atoms with Crippen molar-refractivity contribution in [2.45, 2.75) is 13.5 Å². The van der Waals surface area contributed by atoms with Crippen molar-refractivity contribution >= 4 is 26.9 Å². The van der Waals surface area contributed by atoms with E-state index in [-0.39, 0.29) is 0 Å². The number of benzene rings is 1. The number of furan rings is 1. The van der Waals surface area contributed by atoms with E-state index in [2.05, 4.69) is 52.3 Å². The Morgan fingerprint density at radius 1 is 1.39 bits per heavy atom. The molecule has 0 saturated heterocycles. The minimum Gasteiger partial charge on any atom is -0.459 e. The molecule has 0 bridgehead atoms. The highest BCUT2D eigenvalue weighted by molar-refractivity contribution is 9.10. The van der Waals surface area contributed by atoms with Crippen LogP contribution in [0.5, 0.6) is 0 Å². The van der Waals surface area contributed by atoms with Gasteiger partial charge in [0.15, 0.2) is 0 Å². The number of fused-ring (bicyclic) bond motifs is 1. The van der Waals surface area contributed by atoms with Crippen LogP contribution in [0.2, 0.25) is 0 Å². The van der Waals surface area contributed by atoms with Crippen molar-refractivity contribution in [1.29, 1.82) is 0 Å². The van der Waals surface area contributed by atoms with Crippen LogP contribution in [0.1, 0.15) is 12.7 Å². The van der Waals surface area contributed by atoms with Gasteiger partial charge in [-0.3, -0.25) is 0 Å². The predicted molar refractivity (Wildman–Crippen MR) is 78.8 cm³/mol. The zero-order chi connectivity index (χ0) is 13.0. The van der Waals surface area contributed by atoms with Crippen molar-refractivity contribution in [3.05, 3.63) is 34.5 Å². The maximum absolute atomic E-state index is 5.81. The highest BCUT2D eigenvalue weighted by atomic mass is 79.9. The van der Waals surface area contributed by atoms with E-state index in [0.717, 1.165) is 47.4 Å². The van der Waals surface area contributed by atoms with E-state index < -0.39 is 0 Å². The molecule has 0 spiro atoms. The maximum Gasteiger partial charge on any atom is 0.148 e. The molecule has 1 heterocycles. The van der Waals surface area contributed by atoms with Crippen LogP contribution in [-0.2, 0) is 6.54 Å². The van der Waals surface area contributed by atoms with Crippen LogP contribution in [0, 0.1) is 0 Å². The van der Waals surface area contributed by atoms with Gasteiger partial charge in [0.2, 0.25) is 0 Å². The largest absolute Gasteiger partial charge is 0.459 e. The molecule has 2 aromatic rings. The third-order valence-electron chi connectivity index (χ3n) is 3.06. The smallest absolute Gasteiger partial charge is 0.148 e. The monoisotopic (exact) mass is 310 g/mol. The van der Waals surface area contributed by atoms with Crippen molar-refractivity contribution in [3.8, 4) is 0 Å². The second-order valence-electron chi connectivity index (χ2n) is 4.44. The quantitative estimate of drug-likeness (QED) is 0.830. The zero-order valence-corrected chi connectivity index (χ0v) is 12.5. The van der Waals surface area contributed by atoms with Crippen LogP contribution in [-0.4, -0.2) is 31.6 Å². The second-order valence-corrected chi connectivity index (χ2v) is 5.30. The minimum atomic E-state index is 0.776. The van der Waals surface area contributed by atoms with Gasteiger partial charge < -0.3 is 14.6 Å². The molecule has 0 aliphatic heterocycles. The van der Waals surface area contributed by atoms with Gasteiger partial charge in [0.1, 0.15) is 11.3 Å². The summed E-state index contributed by atoms with van der Waals surface area (Å²) in [6.07, 6.45) is 0. The lowest BCUT2D eigenvalue weighted by Crippen LogP contribution is -2.28. The SMILES string of the molecule is CCN(C)CCNCc1cc2cccc(Br)c2o1. The van der Waals surface area contributed by atoms with Crippen molar-refractivity contribution in [1.82, 2.24) is 10.2 Å². The van der Waals surface area contributed by atoms with Crippen LogP contribution < -0.4 is 5.32 Å². The first-order chi connectivity index (χ1) is 8.70. The lowest BCUT2D eigenvalue weighted by atomic mass is 10.2. The Kier molecular flexibility index (Phi) is 4.80. The molecule has 1 N–H and O–H groups in total. The van der Waals surface area contributed by atoms with Gasteiger partial charge in [-0.15, -0.1) is 0 Å². The molecule has 0 fully saturated rings. The van der Waals surface area contributed by atoms with Gasteiger partial charge in [-0.05, 0) is 41.7 Å². The average molecular weight is 311 g/mol. The molecule has 0 amide bonds. The van der Waals surface area contributed by atoms with Gasteiger partial charge in [0.25, 0.3) is 0 Å². The molecule has 3 nitrogen and oxygen atoms in total. The standard InChI is InChI=1S/C14H19BrN2O/c1-3-17(2)8-7-16-10-12-9-11-5-4-6-13(15)14(11)18-12/h4-6,9,16H,3,7-8,10H2,1-2H3. The van der Waals surface area contributed by atoms with Crippen LogP contribution >= 0.6 is 15.9 Å². The summed E-state index contributed by atoms with van der Waals surface area (Å²) in [6, 6.07) is 8.18. The minimum absolute atomic E-state index is 0.776. The molecule has 1 aromatic carbocycles. The molecule has 0 aliphatic rings. The summed E-state index contributed by atoms with van der Waals surface area (Å²) >= 11 is 3.50. The summed E-state index contributed by atoms with van der Waals surface area (Å²) in [5.41, 5.74) is 0.931. The van der Waals surface area contributed by atoms with Gasteiger partial charge in [-0.1, -0.05) is 19.1 Å². The lowest BCUT2D eigenvalue weighted by Gasteiger charge is -2.13. The van der Waals surface area contributed by atoms with Gasteiger partial charge in [-0.2, -0.15) is 0 Å². The molecule has 0 aliphatic carbocycles. The molecule has 2 rings (SSSR count). The van der Waals surface area contributed by atoms with Crippen molar-refractivity contribution < 1.29 is 4.42 Å². The van der Waals surface area contributed by atoms with Crippen LogP contribution in [0.15, 0.2) is 33.2 Å². The van der Waals surface area contributed by atoms with E-state index in [0.29, 0.717) is 0 Å². The Labute approximate surface area is 116 Å². The van der Waals surface area contributed by atoms with Gasteiger partial charge in [0, 0.05) is 18.5 Å². The van der Waals surface area contributed by atoms with Gasteiger partial charge in [-0.25, -0.2) is 0 Å². The molecule has 0 saturated carbocycles. The Balaban J connectivity index is 1.90. The van der Waals surface area contributed by atoms with Gasteiger partial charge >= 0.3 is 0 Å². The third kappa shape index (κ3) is 3.34. The van der Waals surface area contributed by atoms with E-state index in [4.69, 9.17) is 4.42 Å². The Bertz CT molecular complexity index is 509. The fourth-order valence-electron chi connectivity index (χ4n) is 1.81. The summed E-state index contributed by atoms with van der Waals surface area (Å²) in [5.74, 6) is 0.982. The summed E-state index contributed by atoms with van der Waals surface area (Å²) in [6.45, 7) is 6.05. The number of nitrogens with zero attached hydrogens (tertiary/aromatic N) is 1. The Morgan fingerprint density at radius 2 is 2.22 bits per heavy atom. The fourth-order valence-corrected chi connectivity index (χ4v) is 2.27. The van der Waals surface area contributed by atoms with Crippen molar-refractivity contribution in [3.63, 3.8) is 0 Å². The highest BCUT2D eigenvalue weighted by Crippen LogP contribution is 2.26. The highest BCUT2D eigenvalue weighted by Gasteiger charge is 2.06. The average Bonchev–Trinajstić information content (AvgIpc) is 2.79. The molecule has 0 unspecified atom stereocenters. The summed E-state index contributed by atoms with van der Waals surface area (Å²) in [4.78, 5) is 2.28. The topological polar surface area (TPSA) is 28.4 Å².